The van der Waals surface area contributed by atoms with Gasteiger partial charge in [-0.2, -0.15) is 13.2 Å². The first kappa shape index (κ1) is 19.0. The fraction of sp³-hybridized carbons (Fsp3) is 0.625. The lowest BCUT2D eigenvalue weighted by Gasteiger charge is -2.35. The minimum atomic E-state index is -4.49. The molecule has 0 aliphatic carbocycles. The maximum absolute atomic E-state index is 12.7. The van der Waals surface area contributed by atoms with Crippen LogP contribution in [0, 0.1) is 6.92 Å². The summed E-state index contributed by atoms with van der Waals surface area (Å²) in [6.45, 7) is 1.45. The van der Waals surface area contributed by atoms with Gasteiger partial charge in [0.15, 0.2) is 0 Å². The minimum Gasteiger partial charge on any atom is -0.339 e. The second kappa shape index (κ2) is 6.88. The van der Waals surface area contributed by atoms with Gasteiger partial charge in [0.1, 0.15) is 5.69 Å². The number of hydrogen-bond acceptors (Lipinski definition) is 3. The summed E-state index contributed by atoms with van der Waals surface area (Å²) >= 11 is 0. The standard InChI is InChI=1S/C16H20F3N3O.ClH/c1-9-13(5-6-14(20-9)16(17,18)19)15(23)22(2)12-7-10-3-4-11(8-12)21-10;/h5-6,10-12,21H,3-4,7-8H2,1-2H3;1H. The van der Waals surface area contributed by atoms with Crippen molar-refractivity contribution in [3.8, 4) is 0 Å². The van der Waals surface area contributed by atoms with Crippen LogP contribution in [0.5, 0.6) is 0 Å². The molecule has 1 aromatic rings. The highest BCUT2D eigenvalue weighted by Gasteiger charge is 2.37. The molecular formula is C16H21ClF3N3O. The van der Waals surface area contributed by atoms with Gasteiger partial charge in [-0.25, -0.2) is 4.98 Å². The van der Waals surface area contributed by atoms with Crippen molar-refractivity contribution >= 4 is 18.3 Å². The Bertz CT molecular complexity index is 611. The molecule has 0 aromatic carbocycles. The third kappa shape index (κ3) is 3.67. The molecule has 2 saturated heterocycles. The molecule has 3 heterocycles. The van der Waals surface area contributed by atoms with Crippen LogP contribution in [0.15, 0.2) is 12.1 Å². The first-order valence-electron chi connectivity index (χ1n) is 7.83. The number of carbonyl (C=O) groups is 1. The number of carbonyl (C=O) groups excluding carboxylic acids is 1. The van der Waals surface area contributed by atoms with Crippen molar-refractivity contribution in [2.24, 2.45) is 0 Å². The summed E-state index contributed by atoms with van der Waals surface area (Å²) in [7, 11) is 1.73. The summed E-state index contributed by atoms with van der Waals surface area (Å²) in [5, 5.41) is 3.51. The van der Waals surface area contributed by atoms with E-state index in [-0.39, 0.29) is 35.6 Å². The maximum Gasteiger partial charge on any atom is 0.433 e. The Hall–Kier alpha value is -1.34. The number of rotatable bonds is 2. The highest BCUT2D eigenvalue weighted by atomic mass is 35.5. The highest BCUT2D eigenvalue weighted by Crippen LogP contribution is 2.31. The number of fused-ring (bicyclic) bond motifs is 2. The largest absolute Gasteiger partial charge is 0.433 e. The fourth-order valence-corrected chi connectivity index (χ4v) is 3.64. The van der Waals surface area contributed by atoms with Crippen molar-refractivity contribution in [3.63, 3.8) is 0 Å². The van der Waals surface area contributed by atoms with E-state index in [0.29, 0.717) is 12.1 Å². The number of halogens is 4. The van der Waals surface area contributed by atoms with Gasteiger partial charge < -0.3 is 10.2 Å². The van der Waals surface area contributed by atoms with Crippen LogP contribution in [0.1, 0.15) is 47.4 Å². The Morgan fingerprint density at radius 3 is 2.33 bits per heavy atom. The molecule has 24 heavy (non-hydrogen) atoms. The summed E-state index contributed by atoms with van der Waals surface area (Å²) in [6.07, 6.45) is -0.446. The Morgan fingerprint density at radius 2 is 1.83 bits per heavy atom. The maximum atomic E-state index is 12.7. The summed E-state index contributed by atoms with van der Waals surface area (Å²) in [6, 6.07) is 3.13. The Kier molecular flexibility index (Phi) is 5.44. The Morgan fingerprint density at radius 1 is 1.25 bits per heavy atom. The number of hydrogen-bond donors (Lipinski definition) is 1. The quantitative estimate of drug-likeness (QED) is 0.877. The molecule has 2 bridgehead atoms. The number of amides is 1. The average Bonchev–Trinajstić information content (AvgIpc) is 2.83. The van der Waals surface area contributed by atoms with Crippen LogP contribution in [-0.2, 0) is 6.18 Å². The van der Waals surface area contributed by atoms with Gasteiger partial charge in [0.25, 0.3) is 5.91 Å². The van der Waals surface area contributed by atoms with Gasteiger partial charge >= 0.3 is 6.18 Å². The molecule has 1 aromatic heterocycles. The normalized spacial score (nSPS) is 26.0. The van der Waals surface area contributed by atoms with Crippen LogP contribution >= 0.6 is 12.4 Å². The third-order valence-corrected chi connectivity index (χ3v) is 4.92. The zero-order valence-electron chi connectivity index (χ0n) is 13.6. The predicted molar refractivity (Wildman–Crippen MR) is 86.3 cm³/mol. The molecule has 0 radical (unpaired) electrons. The number of aryl methyl sites for hydroxylation is 1. The lowest BCUT2D eigenvalue weighted by molar-refractivity contribution is -0.141. The van der Waals surface area contributed by atoms with E-state index in [1.165, 1.54) is 13.0 Å². The number of nitrogens with zero attached hydrogens (tertiary/aromatic N) is 2. The van der Waals surface area contributed by atoms with Crippen molar-refractivity contribution < 1.29 is 18.0 Å². The van der Waals surface area contributed by atoms with Gasteiger partial charge in [-0.15, -0.1) is 12.4 Å². The van der Waals surface area contributed by atoms with Crippen LogP contribution in [0.4, 0.5) is 13.2 Å². The van der Waals surface area contributed by atoms with E-state index < -0.39 is 11.9 Å². The molecule has 3 rings (SSSR count). The second-order valence-electron chi connectivity index (χ2n) is 6.51. The molecule has 2 aliphatic heterocycles. The number of alkyl halides is 3. The number of aromatic nitrogens is 1. The number of piperidine rings is 1. The van der Waals surface area contributed by atoms with Crippen molar-refractivity contribution in [1.82, 2.24) is 15.2 Å². The van der Waals surface area contributed by atoms with Crippen molar-refractivity contribution in [3.05, 3.63) is 29.1 Å². The van der Waals surface area contributed by atoms with Gasteiger partial charge in [0, 0.05) is 25.2 Å². The minimum absolute atomic E-state index is 0. The molecule has 0 spiro atoms. The first-order chi connectivity index (χ1) is 10.8. The van der Waals surface area contributed by atoms with E-state index in [4.69, 9.17) is 0 Å². The lowest BCUT2D eigenvalue weighted by atomic mass is 9.97. The van der Waals surface area contributed by atoms with Gasteiger partial charge in [-0.3, -0.25) is 4.79 Å². The van der Waals surface area contributed by atoms with E-state index in [2.05, 4.69) is 10.3 Å². The summed E-state index contributed by atoms with van der Waals surface area (Å²) in [5.41, 5.74) is -0.603. The van der Waals surface area contributed by atoms with E-state index in [0.717, 1.165) is 31.7 Å². The molecule has 2 aliphatic rings. The van der Waals surface area contributed by atoms with Gasteiger partial charge in [0.05, 0.1) is 11.3 Å². The van der Waals surface area contributed by atoms with E-state index in [9.17, 15) is 18.0 Å². The van der Waals surface area contributed by atoms with Crippen LogP contribution < -0.4 is 5.32 Å². The zero-order chi connectivity index (χ0) is 16.8. The van der Waals surface area contributed by atoms with Crippen LogP contribution in [-0.4, -0.2) is 41.0 Å². The summed E-state index contributed by atoms with van der Waals surface area (Å²) < 4.78 is 38.0. The molecule has 1 amide bonds. The SMILES string of the molecule is Cc1nc(C(F)(F)F)ccc1C(=O)N(C)C1CC2CCC(C1)N2.Cl. The molecule has 2 atom stereocenters. The molecule has 8 heteroatoms. The summed E-state index contributed by atoms with van der Waals surface area (Å²) in [5.74, 6) is -0.255. The molecule has 134 valence electrons. The third-order valence-electron chi connectivity index (χ3n) is 4.92. The number of pyridine rings is 1. The zero-order valence-corrected chi connectivity index (χ0v) is 14.4. The van der Waals surface area contributed by atoms with E-state index >= 15 is 0 Å². The molecular weight excluding hydrogens is 343 g/mol. The molecule has 2 unspecified atom stereocenters. The van der Waals surface area contributed by atoms with Gasteiger partial charge in [0.2, 0.25) is 0 Å². The lowest BCUT2D eigenvalue weighted by Crippen LogP contribution is -2.48. The van der Waals surface area contributed by atoms with Gasteiger partial charge in [-0.1, -0.05) is 0 Å². The highest BCUT2D eigenvalue weighted by molar-refractivity contribution is 5.95. The smallest absolute Gasteiger partial charge is 0.339 e. The van der Waals surface area contributed by atoms with Gasteiger partial charge in [-0.05, 0) is 44.7 Å². The predicted octanol–water partition coefficient (Wildman–Crippen LogP) is 3.19. The number of nitrogens with one attached hydrogen (secondary N) is 1. The van der Waals surface area contributed by atoms with E-state index in [1.54, 1.807) is 11.9 Å². The van der Waals surface area contributed by atoms with E-state index in [1.807, 2.05) is 0 Å². The van der Waals surface area contributed by atoms with Crippen molar-refractivity contribution in [2.45, 2.75) is 56.9 Å². The fourth-order valence-electron chi connectivity index (χ4n) is 3.64. The Balaban J connectivity index is 0.00000208. The Labute approximate surface area is 145 Å². The topological polar surface area (TPSA) is 45.2 Å². The van der Waals surface area contributed by atoms with Crippen LogP contribution in [0.3, 0.4) is 0 Å². The molecule has 1 N–H and O–H groups in total. The molecule has 0 saturated carbocycles. The van der Waals surface area contributed by atoms with Crippen LogP contribution in [0.25, 0.3) is 0 Å². The van der Waals surface area contributed by atoms with Crippen molar-refractivity contribution in [2.75, 3.05) is 7.05 Å². The van der Waals surface area contributed by atoms with Crippen molar-refractivity contribution in [1.29, 1.82) is 0 Å². The first-order valence-corrected chi connectivity index (χ1v) is 7.83. The monoisotopic (exact) mass is 363 g/mol. The molecule has 2 fully saturated rings. The molecule has 4 nitrogen and oxygen atoms in total. The summed E-state index contributed by atoms with van der Waals surface area (Å²) in [4.78, 5) is 17.9. The average molecular weight is 364 g/mol. The van der Waals surface area contributed by atoms with Crippen LogP contribution in [0.2, 0.25) is 0 Å². The second-order valence-corrected chi connectivity index (χ2v) is 6.51.